The second-order valence-electron chi connectivity index (χ2n) is 12.5. The minimum atomic E-state index is -3.51. The van der Waals surface area contributed by atoms with Gasteiger partial charge in [0.05, 0.1) is 16.7 Å². The van der Waals surface area contributed by atoms with Crippen molar-refractivity contribution in [3.63, 3.8) is 0 Å². The van der Waals surface area contributed by atoms with Gasteiger partial charge in [0.15, 0.2) is 15.2 Å². The summed E-state index contributed by atoms with van der Waals surface area (Å²) in [5.74, 6) is 0. The third kappa shape index (κ3) is 5.73. The predicted octanol–water partition coefficient (Wildman–Crippen LogP) is 5.80. The lowest BCUT2D eigenvalue weighted by Gasteiger charge is -2.37. The van der Waals surface area contributed by atoms with Gasteiger partial charge in [0, 0.05) is 78.9 Å². The summed E-state index contributed by atoms with van der Waals surface area (Å²) in [4.78, 5) is 17.6. The summed E-state index contributed by atoms with van der Waals surface area (Å²) in [6, 6.07) is 26.0. The van der Waals surface area contributed by atoms with Crippen LogP contribution in [-0.4, -0.2) is 64.7 Å². The summed E-state index contributed by atoms with van der Waals surface area (Å²) in [6.45, 7) is 4.10. The van der Waals surface area contributed by atoms with Crippen molar-refractivity contribution in [1.82, 2.24) is 23.8 Å². The summed E-state index contributed by atoms with van der Waals surface area (Å²) < 4.78 is 33.8. The minimum Gasteiger partial charge on any atom is -0.351 e. The Labute approximate surface area is 278 Å². The van der Waals surface area contributed by atoms with Crippen LogP contribution in [0.3, 0.4) is 0 Å². The van der Waals surface area contributed by atoms with E-state index in [0.717, 1.165) is 82.6 Å². The molecule has 0 spiro atoms. The van der Waals surface area contributed by atoms with Gasteiger partial charge in [-0.15, -0.1) is 0 Å². The Balaban J connectivity index is 1.11. The van der Waals surface area contributed by atoms with Crippen LogP contribution in [0, 0.1) is 0 Å². The van der Waals surface area contributed by atoms with Gasteiger partial charge in [-0.05, 0) is 62.2 Å². The topological polar surface area (TPSA) is 85.4 Å². The van der Waals surface area contributed by atoms with Gasteiger partial charge < -0.3 is 9.80 Å². The summed E-state index contributed by atoms with van der Waals surface area (Å²) in [5, 5.41) is 4.29. The van der Waals surface area contributed by atoms with E-state index in [-0.39, 0.29) is 11.7 Å². The Bertz CT molecular complexity index is 2030. The van der Waals surface area contributed by atoms with E-state index in [2.05, 4.69) is 25.5 Å². The average molecular weight is 704 g/mol. The molecular weight excluding hydrogens is 664 g/mol. The van der Waals surface area contributed by atoms with Crippen molar-refractivity contribution < 1.29 is 8.42 Å². The van der Waals surface area contributed by atoms with Crippen molar-refractivity contribution in [2.24, 2.45) is 7.05 Å². The SMILES string of the molecule is Cn1c(=O)n(C2CCN(CCCn3nc(-c4ccc(Br)cc4)c4c3CCN(c3ccccc3)C4S(C)(=O)=O)CC2)c2ccccc21. The van der Waals surface area contributed by atoms with E-state index in [1.165, 1.54) is 6.26 Å². The van der Waals surface area contributed by atoms with Crippen molar-refractivity contribution in [1.29, 1.82) is 0 Å². The molecule has 46 heavy (non-hydrogen) atoms. The molecule has 0 N–H and O–H groups in total. The van der Waals surface area contributed by atoms with Gasteiger partial charge in [-0.3, -0.25) is 13.8 Å². The molecule has 1 unspecified atom stereocenters. The number of piperidine rings is 1. The third-order valence-corrected chi connectivity index (χ3v) is 11.4. The van der Waals surface area contributed by atoms with E-state index >= 15 is 0 Å². The molecule has 0 amide bonds. The van der Waals surface area contributed by atoms with E-state index in [0.29, 0.717) is 19.5 Å². The number of anilines is 1. The van der Waals surface area contributed by atoms with E-state index in [1.807, 2.05) is 95.4 Å². The summed E-state index contributed by atoms with van der Waals surface area (Å²) >= 11 is 3.53. The number of sulfone groups is 1. The molecule has 2 aromatic heterocycles. The highest BCUT2D eigenvalue weighted by Gasteiger charge is 2.40. The monoisotopic (exact) mass is 702 g/mol. The van der Waals surface area contributed by atoms with Crippen LogP contribution >= 0.6 is 15.9 Å². The zero-order chi connectivity index (χ0) is 32.0. The largest absolute Gasteiger partial charge is 0.351 e. The molecule has 7 rings (SSSR count). The molecule has 2 aliphatic rings. The molecule has 1 fully saturated rings. The smallest absolute Gasteiger partial charge is 0.329 e. The number of nitrogens with zero attached hydrogens (tertiary/aromatic N) is 6. The molecule has 0 radical (unpaired) electrons. The Hall–Kier alpha value is -3.67. The maximum atomic E-state index is 13.5. The van der Waals surface area contributed by atoms with Gasteiger partial charge >= 0.3 is 5.69 Å². The van der Waals surface area contributed by atoms with Crippen LogP contribution in [-0.2, 0) is 29.9 Å². The molecule has 240 valence electrons. The highest BCUT2D eigenvalue weighted by molar-refractivity contribution is 9.10. The van der Waals surface area contributed by atoms with Crippen molar-refractivity contribution in [2.75, 3.05) is 37.3 Å². The maximum absolute atomic E-state index is 13.5. The number of likely N-dealkylation sites (tertiary alicyclic amines) is 1. The van der Waals surface area contributed by atoms with E-state index in [1.54, 1.807) is 4.57 Å². The van der Waals surface area contributed by atoms with Crippen LogP contribution in [0.2, 0.25) is 0 Å². The fourth-order valence-electron chi connectivity index (χ4n) is 7.39. The Morgan fingerprint density at radius 3 is 2.24 bits per heavy atom. The zero-order valence-corrected chi connectivity index (χ0v) is 28.6. The van der Waals surface area contributed by atoms with E-state index in [4.69, 9.17) is 5.10 Å². The van der Waals surface area contributed by atoms with E-state index < -0.39 is 15.2 Å². The van der Waals surface area contributed by atoms with Crippen LogP contribution in [0.5, 0.6) is 0 Å². The van der Waals surface area contributed by atoms with Crippen LogP contribution in [0.15, 0.2) is 88.1 Å². The highest BCUT2D eigenvalue weighted by atomic mass is 79.9. The number of hydrogen-bond acceptors (Lipinski definition) is 6. The molecular formula is C35H39BrN6O3S. The number of benzene rings is 3. The number of hydrogen-bond donors (Lipinski definition) is 0. The first-order valence-corrected chi connectivity index (χ1v) is 18.7. The quantitative estimate of drug-likeness (QED) is 0.203. The van der Waals surface area contributed by atoms with Crippen molar-refractivity contribution in [3.05, 3.63) is 105 Å². The number of para-hydroxylation sites is 3. The molecule has 1 atom stereocenters. The highest BCUT2D eigenvalue weighted by Crippen LogP contribution is 2.42. The van der Waals surface area contributed by atoms with Gasteiger partial charge in [0.1, 0.15) is 0 Å². The average Bonchev–Trinajstić information content (AvgIpc) is 3.55. The van der Waals surface area contributed by atoms with Gasteiger partial charge in [-0.2, -0.15) is 5.10 Å². The Morgan fingerprint density at radius 2 is 1.54 bits per heavy atom. The molecule has 9 nitrogen and oxygen atoms in total. The van der Waals surface area contributed by atoms with Gasteiger partial charge in [0.25, 0.3) is 0 Å². The summed E-state index contributed by atoms with van der Waals surface area (Å²) in [7, 11) is -1.66. The molecule has 4 heterocycles. The summed E-state index contributed by atoms with van der Waals surface area (Å²) in [5.41, 5.74) is 6.39. The van der Waals surface area contributed by atoms with Gasteiger partial charge in [0.2, 0.25) is 0 Å². The minimum absolute atomic E-state index is 0.0583. The van der Waals surface area contributed by atoms with E-state index in [9.17, 15) is 13.2 Å². The number of fused-ring (bicyclic) bond motifs is 2. The summed E-state index contributed by atoms with van der Waals surface area (Å²) in [6.07, 6.45) is 4.82. The second-order valence-corrected chi connectivity index (χ2v) is 15.5. The fourth-order valence-corrected chi connectivity index (χ4v) is 9.02. The fraction of sp³-hybridized carbons (Fsp3) is 0.371. The first-order valence-electron chi connectivity index (χ1n) is 15.9. The second kappa shape index (κ2) is 12.5. The van der Waals surface area contributed by atoms with Crippen molar-refractivity contribution in [2.45, 2.75) is 43.6 Å². The van der Waals surface area contributed by atoms with Crippen LogP contribution < -0.4 is 10.6 Å². The molecule has 0 bridgehead atoms. The molecule has 2 aliphatic heterocycles. The number of rotatable bonds is 8. The van der Waals surface area contributed by atoms with Crippen molar-refractivity contribution in [3.8, 4) is 11.3 Å². The number of aromatic nitrogens is 4. The molecule has 11 heteroatoms. The first kappa shape index (κ1) is 31.0. The lowest BCUT2D eigenvalue weighted by Crippen LogP contribution is -2.40. The van der Waals surface area contributed by atoms with Gasteiger partial charge in [-0.25, -0.2) is 13.2 Å². The predicted molar refractivity (Wildman–Crippen MR) is 187 cm³/mol. The lowest BCUT2D eigenvalue weighted by atomic mass is 10.00. The zero-order valence-electron chi connectivity index (χ0n) is 26.2. The Kier molecular flexibility index (Phi) is 8.41. The molecule has 0 aliphatic carbocycles. The van der Waals surface area contributed by atoms with Crippen LogP contribution in [0.4, 0.5) is 5.69 Å². The standard InChI is InChI=1S/C35H39BrN6O3S/c1-38-29-11-6-7-12-30(29)42(35(38)43)28-17-22-39(23-18-28)20-8-21-41-31-19-24-40(27-9-4-3-5-10-27)34(46(2,44)45)32(31)33(37-41)25-13-15-26(36)16-14-25/h3-7,9-16,28,34H,8,17-24H2,1-2H3. The third-order valence-electron chi connectivity index (χ3n) is 9.59. The maximum Gasteiger partial charge on any atom is 0.329 e. The number of aryl methyl sites for hydroxylation is 2. The Morgan fingerprint density at radius 1 is 0.870 bits per heavy atom. The number of imidazole rings is 1. The molecule has 1 saturated heterocycles. The van der Waals surface area contributed by atoms with Crippen LogP contribution in [0.1, 0.15) is 41.9 Å². The number of halogens is 1. The van der Waals surface area contributed by atoms with Crippen LogP contribution in [0.25, 0.3) is 22.3 Å². The molecule has 5 aromatic rings. The first-order chi connectivity index (χ1) is 22.2. The molecule has 3 aromatic carbocycles. The lowest BCUT2D eigenvalue weighted by molar-refractivity contribution is 0.181. The normalized spacial score (nSPS) is 17.9. The molecule has 0 saturated carbocycles. The van der Waals surface area contributed by atoms with Crippen molar-refractivity contribution >= 4 is 42.5 Å². The van der Waals surface area contributed by atoms with Gasteiger partial charge in [-0.1, -0.05) is 58.4 Å².